The summed E-state index contributed by atoms with van der Waals surface area (Å²) in [5.74, 6) is 0.559. The molecule has 8 heteroatoms. The van der Waals surface area contributed by atoms with E-state index in [2.05, 4.69) is 74.5 Å². The number of nitrogens with one attached hydrogen (secondary N) is 1. The smallest absolute Gasteiger partial charge is 0.207 e. The lowest BCUT2D eigenvalue weighted by Crippen LogP contribution is -2.21. The van der Waals surface area contributed by atoms with Crippen LogP contribution in [0, 0.1) is 13.8 Å². The Balaban J connectivity index is 0.000000405. The summed E-state index contributed by atoms with van der Waals surface area (Å²) in [6, 6.07) is 8.27. The minimum atomic E-state index is 0.559. The molecule has 194 valence electrons. The summed E-state index contributed by atoms with van der Waals surface area (Å²) < 4.78 is 0. The highest BCUT2D eigenvalue weighted by Crippen LogP contribution is 2.42. The number of aromatic amines is 1. The maximum Gasteiger partial charge on any atom is 0.207 e. The van der Waals surface area contributed by atoms with Gasteiger partial charge in [-0.2, -0.15) is 5.21 Å². The molecule has 1 aliphatic rings. The van der Waals surface area contributed by atoms with E-state index < -0.39 is 0 Å². The Morgan fingerprint density at radius 3 is 2.05 bits per heavy atom. The summed E-state index contributed by atoms with van der Waals surface area (Å²) in [6.45, 7) is 14.1. The van der Waals surface area contributed by atoms with E-state index in [0.717, 1.165) is 65.0 Å². The molecule has 0 spiro atoms. The van der Waals surface area contributed by atoms with Gasteiger partial charge in [0.15, 0.2) is 0 Å². The third-order valence-electron chi connectivity index (χ3n) is 6.99. The zero-order valence-electron chi connectivity index (χ0n) is 22.8. The average molecular weight is 499 g/mol. The van der Waals surface area contributed by atoms with Crippen molar-refractivity contribution in [3.63, 3.8) is 0 Å². The van der Waals surface area contributed by atoms with Crippen molar-refractivity contribution >= 4 is 0 Å². The van der Waals surface area contributed by atoms with Gasteiger partial charge in [0.1, 0.15) is 0 Å². The molecule has 0 radical (unpaired) electrons. The third-order valence-corrected chi connectivity index (χ3v) is 6.99. The molecule has 0 atom stereocenters. The molecule has 0 saturated carbocycles. The Bertz CT molecular complexity index is 1290. The van der Waals surface area contributed by atoms with Gasteiger partial charge in [-0.05, 0) is 99.8 Å². The van der Waals surface area contributed by atoms with Crippen molar-refractivity contribution < 1.29 is 0 Å². The van der Waals surface area contributed by atoms with Gasteiger partial charge in [-0.1, -0.05) is 27.2 Å². The molecule has 8 nitrogen and oxygen atoms in total. The molecule has 0 saturated heterocycles. The molecule has 0 bridgehead atoms. The van der Waals surface area contributed by atoms with Crippen molar-refractivity contribution in [3.8, 4) is 33.8 Å². The maximum atomic E-state index is 5.18. The van der Waals surface area contributed by atoms with Crippen LogP contribution in [-0.2, 0) is 12.8 Å². The van der Waals surface area contributed by atoms with E-state index in [9.17, 15) is 0 Å². The Labute approximate surface area is 220 Å². The van der Waals surface area contributed by atoms with Gasteiger partial charge in [0.25, 0.3) is 0 Å². The standard InChI is InChI=1S/C23H23N7.C6H15N/c1-14-12-16(8-10-24-14)20-18-6-4-3-5-7-19(18)26-22(17-9-11-25-15(2)13-17)21(20)23-27-29-30-28-23;1-4-7(5-2)6-3/h8-13H,3-7H2,1-2H3,(H,27,28,29,30);4-6H2,1-3H3. The van der Waals surface area contributed by atoms with E-state index in [0.29, 0.717) is 5.82 Å². The molecule has 0 unspecified atom stereocenters. The lowest BCUT2D eigenvalue weighted by molar-refractivity contribution is 0.321. The SMILES string of the molecule is CCN(CC)CC.Cc1cc(-c2nc3c(c(-c4ccnc(C)c4)c2-c2nn[nH]n2)CCCCC3)ccn1. The summed E-state index contributed by atoms with van der Waals surface area (Å²) in [7, 11) is 0. The quantitative estimate of drug-likeness (QED) is 0.345. The van der Waals surface area contributed by atoms with Crippen LogP contribution >= 0.6 is 0 Å². The number of rotatable bonds is 6. The predicted octanol–water partition coefficient (Wildman–Crippen LogP) is 5.62. The van der Waals surface area contributed by atoms with Gasteiger partial charge in [0, 0.05) is 40.6 Å². The molecule has 5 rings (SSSR count). The van der Waals surface area contributed by atoms with Crippen molar-refractivity contribution in [1.29, 1.82) is 0 Å². The number of nitrogens with zero attached hydrogens (tertiary/aromatic N) is 7. The molecule has 4 aromatic rings. The van der Waals surface area contributed by atoms with E-state index >= 15 is 0 Å². The number of aryl methyl sites for hydroxylation is 3. The van der Waals surface area contributed by atoms with Crippen LogP contribution in [-0.4, -0.2) is 60.1 Å². The number of tetrazole rings is 1. The number of H-pyrrole nitrogens is 1. The van der Waals surface area contributed by atoms with Gasteiger partial charge in [-0.25, -0.2) is 0 Å². The van der Waals surface area contributed by atoms with Crippen LogP contribution < -0.4 is 0 Å². The monoisotopic (exact) mass is 498 g/mol. The fourth-order valence-corrected chi connectivity index (χ4v) is 5.00. The zero-order chi connectivity index (χ0) is 26.2. The van der Waals surface area contributed by atoms with E-state index in [1.165, 1.54) is 37.3 Å². The highest BCUT2D eigenvalue weighted by atomic mass is 15.5. The van der Waals surface area contributed by atoms with Gasteiger partial charge in [0.05, 0.1) is 11.3 Å². The molecule has 1 aliphatic carbocycles. The second kappa shape index (κ2) is 12.6. The molecule has 1 N–H and O–H groups in total. The highest BCUT2D eigenvalue weighted by molar-refractivity contribution is 5.92. The largest absolute Gasteiger partial charge is 0.304 e. The summed E-state index contributed by atoms with van der Waals surface area (Å²) >= 11 is 0. The molecule has 0 aromatic carbocycles. The summed E-state index contributed by atoms with van der Waals surface area (Å²) in [6.07, 6.45) is 9.21. The first-order chi connectivity index (χ1) is 18.0. The van der Waals surface area contributed by atoms with Crippen LogP contribution in [0.25, 0.3) is 33.8 Å². The molecule has 37 heavy (non-hydrogen) atoms. The van der Waals surface area contributed by atoms with Crippen molar-refractivity contribution in [3.05, 3.63) is 59.3 Å². The van der Waals surface area contributed by atoms with Gasteiger partial charge >= 0.3 is 0 Å². The topological polar surface area (TPSA) is 96.4 Å². The Morgan fingerprint density at radius 1 is 0.811 bits per heavy atom. The van der Waals surface area contributed by atoms with Crippen LogP contribution in [0.4, 0.5) is 0 Å². The van der Waals surface area contributed by atoms with Crippen LogP contribution in [0.15, 0.2) is 36.7 Å². The first kappa shape index (κ1) is 26.5. The number of fused-ring (bicyclic) bond motifs is 1. The molecule has 0 fully saturated rings. The van der Waals surface area contributed by atoms with Gasteiger partial charge in [-0.15, -0.1) is 10.2 Å². The summed E-state index contributed by atoms with van der Waals surface area (Å²) in [5, 5.41) is 15.2. The molecule has 0 aliphatic heterocycles. The fraction of sp³-hybridized carbons (Fsp3) is 0.448. The molecule has 4 aromatic heterocycles. The van der Waals surface area contributed by atoms with Crippen molar-refractivity contribution in [1.82, 2.24) is 40.5 Å². The average Bonchev–Trinajstić information content (AvgIpc) is 3.34. The minimum Gasteiger partial charge on any atom is -0.304 e. The number of pyridine rings is 3. The number of hydrogen-bond donors (Lipinski definition) is 1. The summed E-state index contributed by atoms with van der Waals surface area (Å²) in [5.41, 5.74) is 9.49. The van der Waals surface area contributed by atoms with Crippen LogP contribution in [0.1, 0.15) is 62.7 Å². The molecule has 0 amide bonds. The molecule has 4 heterocycles. The van der Waals surface area contributed by atoms with Gasteiger partial charge in [-0.3, -0.25) is 15.0 Å². The van der Waals surface area contributed by atoms with Crippen LogP contribution in [0.3, 0.4) is 0 Å². The van der Waals surface area contributed by atoms with Gasteiger partial charge < -0.3 is 4.90 Å². The lowest BCUT2D eigenvalue weighted by atomic mass is 9.88. The zero-order valence-corrected chi connectivity index (χ0v) is 22.8. The van der Waals surface area contributed by atoms with Crippen molar-refractivity contribution in [2.24, 2.45) is 0 Å². The third kappa shape index (κ3) is 6.25. The second-order valence-corrected chi connectivity index (χ2v) is 9.42. The molecular formula is C29H38N8. The van der Waals surface area contributed by atoms with E-state index in [-0.39, 0.29) is 0 Å². The van der Waals surface area contributed by atoms with Crippen LogP contribution in [0.2, 0.25) is 0 Å². The first-order valence-electron chi connectivity index (χ1n) is 13.4. The Morgan fingerprint density at radius 2 is 1.46 bits per heavy atom. The van der Waals surface area contributed by atoms with Crippen molar-refractivity contribution in [2.75, 3.05) is 19.6 Å². The van der Waals surface area contributed by atoms with E-state index in [4.69, 9.17) is 4.98 Å². The lowest BCUT2D eigenvalue weighted by Gasteiger charge is -2.20. The van der Waals surface area contributed by atoms with Crippen LogP contribution in [0.5, 0.6) is 0 Å². The molecular weight excluding hydrogens is 460 g/mol. The summed E-state index contributed by atoms with van der Waals surface area (Å²) in [4.78, 5) is 16.3. The Hall–Kier alpha value is -3.52. The minimum absolute atomic E-state index is 0.559. The number of aromatic nitrogens is 7. The normalized spacial score (nSPS) is 13.0. The van der Waals surface area contributed by atoms with E-state index in [1.54, 1.807) is 0 Å². The highest BCUT2D eigenvalue weighted by Gasteiger charge is 2.26. The van der Waals surface area contributed by atoms with Crippen molar-refractivity contribution in [2.45, 2.75) is 66.7 Å². The van der Waals surface area contributed by atoms with Gasteiger partial charge in [0.2, 0.25) is 5.82 Å². The fourth-order valence-electron chi connectivity index (χ4n) is 5.00. The predicted molar refractivity (Wildman–Crippen MR) is 148 cm³/mol. The Kier molecular flexibility index (Phi) is 9.06. The maximum absolute atomic E-state index is 5.18. The van der Waals surface area contributed by atoms with E-state index in [1.807, 2.05) is 32.3 Å². The second-order valence-electron chi connectivity index (χ2n) is 9.42. The first-order valence-corrected chi connectivity index (χ1v) is 13.4. The number of hydrogen-bond acceptors (Lipinski definition) is 7.